The van der Waals surface area contributed by atoms with E-state index in [0.717, 1.165) is 22.3 Å². The molecule has 0 bridgehead atoms. The Morgan fingerprint density at radius 2 is 2.16 bits per heavy atom. The molecule has 0 spiro atoms. The number of ketones is 1. The summed E-state index contributed by atoms with van der Waals surface area (Å²) >= 11 is 3.38. The fourth-order valence-corrected chi connectivity index (χ4v) is 2.26. The third kappa shape index (κ3) is 4.04. The maximum absolute atomic E-state index is 12.2. The summed E-state index contributed by atoms with van der Waals surface area (Å²) in [4.78, 5) is 14.3. The number of halogens is 1. The highest BCUT2D eigenvalue weighted by Gasteiger charge is 2.12. The number of nitrogens with zero attached hydrogens (tertiary/aromatic N) is 1. The quantitative estimate of drug-likeness (QED) is 0.760. The average Bonchev–Trinajstić information content (AvgIpc) is 2.90. The zero-order valence-electron chi connectivity index (χ0n) is 10.8. The zero-order chi connectivity index (χ0) is 13.7. The Kier molecular flexibility index (Phi) is 4.93. The second-order valence-corrected chi connectivity index (χ2v) is 5.23. The SMILES string of the molecule is CCN(CC(=O)c1cccc(Br)c1)Cc1ccco1. The van der Waals surface area contributed by atoms with Crippen LogP contribution in [0.4, 0.5) is 0 Å². The van der Waals surface area contributed by atoms with Crippen LogP contribution < -0.4 is 0 Å². The molecule has 3 nitrogen and oxygen atoms in total. The number of carbonyl (C=O) groups is 1. The van der Waals surface area contributed by atoms with E-state index in [1.165, 1.54) is 0 Å². The van der Waals surface area contributed by atoms with Crippen LogP contribution in [0.25, 0.3) is 0 Å². The molecule has 0 aliphatic rings. The van der Waals surface area contributed by atoms with Gasteiger partial charge in [-0.1, -0.05) is 35.0 Å². The van der Waals surface area contributed by atoms with Gasteiger partial charge in [0.25, 0.3) is 0 Å². The smallest absolute Gasteiger partial charge is 0.176 e. The van der Waals surface area contributed by atoms with E-state index in [1.54, 1.807) is 6.26 Å². The Hall–Kier alpha value is -1.39. The van der Waals surface area contributed by atoms with Crippen molar-refractivity contribution in [3.05, 3.63) is 58.5 Å². The summed E-state index contributed by atoms with van der Waals surface area (Å²) in [5.41, 5.74) is 0.729. The van der Waals surface area contributed by atoms with Gasteiger partial charge in [-0.3, -0.25) is 9.69 Å². The van der Waals surface area contributed by atoms with Crippen LogP contribution in [0.1, 0.15) is 23.0 Å². The number of benzene rings is 1. The van der Waals surface area contributed by atoms with E-state index in [9.17, 15) is 4.79 Å². The van der Waals surface area contributed by atoms with Gasteiger partial charge in [0.15, 0.2) is 5.78 Å². The summed E-state index contributed by atoms with van der Waals surface area (Å²) in [6, 6.07) is 11.3. The van der Waals surface area contributed by atoms with Crippen LogP contribution in [-0.4, -0.2) is 23.8 Å². The lowest BCUT2D eigenvalue weighted by Gasteiger charge is -2.18. The third-order valence-corrected chi connectivity index (χ3v) is 3.41. The van der Waals surface area contributed by atoms with E-state index in [1.807, 2.05) is 43.3 Å². The fraction of sp³-hybridized carbons (Fsp3) is 0.267. The second-order valence-electron chi connectivity index (χ2n) is 4.32. The lowest BCUT2D eigenvalue weighted by molar-refractivity contribution is 0.0925. The molecule has 100 valence electrons. The molecular weight excluding hydrogens is 306 g/mol. The minimum absolute atomic E-state index is 0.120. The van der Waals surface area contributed by atoms with Crippen LogP contribution >= 0.6 is 15.9 Å². The number of hydrogen-bond donors (Lipinski definition) is 0. The van der Waals surface area contributed by atoms with E-state index in [2.05, 4.69) is 20.8 Å². The summed E-state index contributed by atoms with van der Waals surface area (Å²) in [6.07, 6.45) is 1.65. The molecule has 19 heavy (non-hydrogen) atoms. The average molecular weight is 322 g/mol. The number of likely N-dealkylation sites (N-methyl/N-ethyl adjacent to an activating group) is 1. The largest absolute Gasteiger partial charge is 0.468 e. The van der Waals surface area contributed by atoms with Gasteiger partial charge in [-0.2, -0.15) is 0 Å². The molecule has 0 radical (unpaired) electrons. The van der Waals surface area contributed by atoms with Crippen molar-refractivity contribution in [1.29, 1.82) is 0 Å². The first-order chi connectivity index (χ1) is 9.19. The highest BCUT2D eigenvalue weighted by Crippen LogP contribution is 2.13. The van der Waals surface area contributed by atoms with Gasteiger partial charge < -0.3 is 4.42 Å². The minimum atomic E-state index is 0.120. The Morgan fingerprint density at radius 3 is 2.79 bits per heavy atom. The predicted molar refractivity (Wildman–Crippen MR) is 78.1 cm³/mol. The van der Waals surface area contributed by atoms with Crippen LogP contribution in [0.5, 0.6) is 0 Å². The van der Waals surface area contributed by atoms with Crippen molar-refractivity contribution < 1.29 is 9.21 Å². The van der Waals surface area contributed by atoms with E-state index in [4.69, 9.17) is 4.42 Å². The number of carbonyl (C=O) groups excluding carboxylic acids is 1. The van der Waals surface area contributed by atoms with Crippen molar-refractivity contribution in [1.82, 2.24) is 4.90 Å². The fourth-order valence-electron chi connectivity index (χ4n) is 1.86. The maximum atomic E-state index is 12.2. The molecule has 0 unspecified atom stereocenters. The first kappa shape index (κ1) is 14.0. The molecule has 0 saturated heterocycles. The van der Waals surface area contributed by atoms with Crippen LogP contribution in [0.15, 0.2) is 51.6 Å². The molecule has 1 aromatic carbocycles. The van der Waals surface area contributed by atoms with Crippen LogP contribution in [0.3, 0.4) is 0 Å². The molecule has 0 N–H and O–H groups in total. The van der Waals surface area contributed by atoms with Crippen molar-refractivity contribution >= 4 is 21.7 Å². The van der Waals surface area contributed by atoms with Crippen LogP contribution in [0.2, 0.25) is 0 Å². The van der Waals surface area contributed by atoms with Gasteiger partial charge in [-0.15, -0.1) is 0 Å². The topological polar surface area (TPSA) is 33.5 Å². The van der Waals surface area contributed by atoms with E-state index >= 15 is 0 Å². The van der Waals surface area contributed by atoms with Crippen molar-refractivity contribution in [2.24, 2.45) is 0 Å². The van der Waals surface area contributed by atoms with Crippen molar-refractivity contribution in [2.45, 2.75) is 13.5 Å². The third-order valence-electron chi connectivity index (χ3n) is 2.92. The summed E-state index contributed by atoms with van der Waals surface area (Å²) in [7, 11) is 0. The molecule has 0 amide bonds. The lowest BCUT2D eigenvalue weighted by Crippen LogP contribution is -2.29. The van der Waals surface area contributed by atoms with Gasteiger partial charge in [-0.25, -0.2) is 0 Å². The molecule has 1 heterocycles. The molecule has 2 aromatic rings. The van der Waals surface area contributed by atoms with Crippen LogP contribution in [0, 0.1) is 0 Å². The van der Waals surface area contributed by atoms with Crippen molar-refractivity contribution in [3.63, 3.8) is 0 Å². The second kappa shape index (κ2) is 6.68. The summed E-state index contributed by atoms with van der Waals surface area (Å²) in [6.45, 7) is 3.90. The normalized spacial score (nSPS) is 10.9. The predicted octanol–water partition coefficient (Wildman–Crippen LogP) is 3.75. The Bertz CT molecular complexity index is 537. The van der Waals surface area contributed by atoms with E-state index in [0.29, 0.717) is 13.1 Å². The Balaban J connectivity index is 2.00. The minimum Gasteiger partial charge on any atom is -0.468 e. The molecule has 0 atom stereocenters. The standard InChI is InChI=1S/C15H16BrNO2/c1-2-17(10-14-7-4-8-19-14)11-15(18)12-5-3-6-13(16)9-12/h3-9H,2,10-11H2,1H3. The molecule has 0 fully saturated rings. The highest BCUT2D eigenvalue weighted by atomic mass is 79.9. The molecular formula is C15H16BrNO2. The molecule has 2 rings (SSSR count). The van der Waals surface area contributed by atoms with Crippen molar-refractivity contribution in [2.75, 3.05) is 13.1 Å². The number of Topliss-reactive ketones (excluding diaryl/α,β-unsaturated/α-hetero) is 1. The Labute approximate surface area is 121 Å². The van der Waals surface area contributed by atoms with Gasteiger partial charge in [0.1, 0.15) is 5.76 Å². The molecule has 1 aromatic heterocycles. The molecule has 0 saturated carbocycles. The van der Waals surface area contributed by atoms with Crippen LogP contribution in [-0.2, 0) is 6.54 Å². The summed E-state index contributed by atoms with van der Waals surface area (Å²) < 4.78 is 6.24. The Morgan fingerprint density at radius 1 is 1.32 bits per heavy atom. The molecule has 0 aliphatic carbocycles. The van der Waals surface area contributed by atoms with Crippen molar-refractivity contribution in [3.8, 4) is 0 Å². The van der Waals surface area contributed by atoms with E-state index in [-0.39, 0.29) is 5.78 Å². The highest BCUT2D eigenvalue weighted by molar-refractivity contribution is 9.10. The van der Waals surface area contributed by atoms with Gasteiger partial charge >= 0.3 is 0 Å². The van der Waals surface area contributed by atoms with Gasteiger partial charge in [0.2, 0.25) is 0 Å². The maximum Gasteiger partial charge on any atom is 0.176 e. The number of furan rings is 1. The lowest BCUT2D eigenvalue weighted by atomic mass is 10.1. The molecule has 4 heteroatoms. The number of hydrogen-bond acceptors (Lipinski definition) is 3. The molecule has 0 aliphatic heterocycles. The first-order valence-electron chi connectivity index (χ1n) is 6.22. The van der Waals surface area contributed by atoms with Gasteiger partial charge in [-0.05, 0) is 30.8 Å². The van der Waals surface area contributed by atoms with E-state index < -0.39 is 0 Å². The summed E-state index contributed by atoms with van der Waals surface area (Å²) in [5.74, 6) is 0.999. The first-order valence-corrected chi connectivity index (χ1v) is 7.02. The van der Waals surface area contributed by atoms with Gasteiger partial charge in [0, 0.05) is 10.0 Å². The number of rotatable bonds is 6. The monoisotopic (exact) mass is 321 g/mol. The van der Waals surface area contributed by atoms with Gasteiger partial charge in [0.05, 0.1) is 19.4 Å². The summed E-state index contributed by atoms with van der Waals surface area (Å²) in [5, 5.41) is 0. The zero-order valence-corrected chi connectivity index (χ0v) is 12.4.